The molecule has 1 aromatic heterocycles. The Bertz CT molecular complexity index is 669. The van der Waals surface area contributed by atoms with Crippen LogP contribution in [0.4, 0.5) is 5.69 Å². The van der Waals surface area contributed by atoms with E-state index in [1.165, 1.54) is 0 Å². The summed E-state index contributed by atoms with van der Waals surface area (Å²) in [6.07, 6.45) is 0.585. The van der Waals surface area contributed by atoms with Crippen LogP contribution in [0.2, 0.25) is 0 Å². The first-order chi connectivity index (χ1) is 10.1. The molecular weight excluding hydrogens is 336 g/mol. The van der Waals surface area contributed by atoms with E-state index in [1.807, 2.05) is 30.3 Å². The average molecular weight is 349 g/mol. The fraction of sp³-hybridized carbons (Fsp3) is 0.200. The van der Waals surface area contributed by atoms with Gasteiger partial charge < -0.3 is 14.6 Å². The van der Waals surface area contributed by atoms with E-state index in [2.05, 4.69) is 21.2 Å². The molecule has 6 heteroatoms. The number of anilines is 1. The summed E-state index contributed by atoms with van der Waals surface area (Å²) >= 11 is 3.14. The van der Waals surface area contributed by atoms with E-state index in [4.69, 9.17) is 4.42 Å². The summed E-state index contributed by atoms with van der Waals surface area (Å²) in [6, 6.07) is 12.1. The lowest BCUT2D eigenvalue weighted by atomic mass is 10.2. The van der Waals surface area contributed by atoms with Gasteiger partial charge in [0.15, 0.2) is 10.4 Å². The molecular formula is C15H13BrN2O3. The number of para-hydroxylation sites is 1. The minimum absolute atomic E-state index is 0.0971. The second-order valence-electron chi connectivity index (χ2n) is 4.74. The lowest BCUT2D eigenvalue weighted by Crippen LogP contribution is -2.41. The molecule has 0 unspecified atom stereocenters. The van der Waals surface area contributed by atoms with Crippen molar-refractivity contribution in [1.29, 1.82) is 0 Å². The van der Waals surface area contributed by atoms with E-state index in [0.29, 0.717) is 17.6 Å². The summed E-state index contributed by atoms with van der Waals surface area (Å²) in [5.41, 5.74) is 0.847. The summed E-state index contributed by atoms with van der Waals surface area (Å²) < 4.78 is 5.66. The highest BCUT2D eigenvalue weighted by Crippen LogP contribution is 2.21. The fourth-order valence-electron chi connectivity index (χ4n) is 2.34. The van der Waals surface area contributed by atoms with Gasteiger partial charge in [-0.2, -0.15) is 0 Å². The number of nitrogens with zero attached hydrogens (tertiary/aromatic N) is 1. The average Bonchev–Trinajstić information content (AvgIpc) is 3.07. The van der Waals surface area contributed by atoms with E-state index < -0.39 is 6.04 Å². The molecule has 0 radical (unpaired) electrons. The highest BCUT2D eigenvalue weighted by atomic mass is 79.9. The van der Waals surface area contributed by atoms with Crippen molar-refractivity contribution >= 4 is 33.4 Å². The third-order valence-electron chi connectivity index (χ3n) is 3.38. The summed E-state index contributed by atoms with van der Waals surface area (Å²) in [5.74, 6) is -0.290. The molecule has 1 N–H and O–H groups in total. The molecule has 2 amide bonds. The summed E-state index contributed by atoms with van der Waals surface area (Å²) in [6.45, 7) is 0.593. The zero-order valence-electron chi connectivity index (χ0n) is 11.1. The summed E-state index contributed by atoms with van der Waals surface area (Å²) in [7, 11) is 0. The second-order valence-corrected chi connectivity index (χ2v) is 5.53. The lowest BCUT2D eigenvalue weighted by molar-refractivity contribution is -0.118. The molecule has 1 aromatic carbocycles. The van der Waals surface area contributed by atoms with Gasteiger partial charge in [0, 0.05) is 12.2 Å². The van der Waals surface area contributed by atoms with Crippen LogP contribution in [0.15, 0.2) is 51.6 Å². The van der Waals surface area contributed by atoms with Crippen molar-refractivity contribution in [3.8, 4) is 0 Å². The summed E-state index contributed by atoms with van der Waals surface area (Å²) in [4.78, 5) is 26.0. The van der Waals surface area contributed by atoms with Crippen LogP contribution in [0.1, 0.15) is 17.0 Å². The lowest BCUT2D eigenvalue weighted by Gasteiger charge is -2.16. The van der Waals surface area contributed by atoms with Gasteiger partial charge in [-0.15, -0.1) is 0 Å². The minimum atomic E-state index is -0.512. The Morgan fingerprint density at radius 2 is 2.00 bits per heavy atom. The molecule has 2 aromatic rings. The third kappa shape index (κ3) is 2.85. The van der Waals surface area contributed by atoms with Crippen molar-refractivity contribution in [2.75, 3.05) is 11.4 Å². The fourth-order valence-corrected chi connectivity index (χ4v) is 2.65. The van der Waals surface area contributed by atoms with E-state index in [-0.39, 0.29) is 17.6 Å². The molecule has 2 heterocycles. The molecule has 1 atom stereocenters. The Morgan fingerprint density at radius 1 is 1.24 bits per heavy atom. The van der Waals surface area contributed by atoms with Crippen molar-refractivity contribution in [3.05, 3.63) is 52.9 Å². The molecule has 1 aliphatic rings. The van der Waals surface area contributed by atoms with Crippen LogP contribution in [0.5, 0.6) is 0 Å². The first-order valence-electron chi connectivity index (χ1n) is 6.58. The van der Waals surface area contributed by atoms with Crippen LogP contribution < -0.4 is 10.2 Å². The molecule has 3 rings (SSSR count). The summed E-state index contributed by atoms with van der Waals surface area (Å²) in [5, 5.41) is 2.71. The zero-order valence-corrected chi connectivity index (χ0v) is 12.7. The van der Waals surface area contributed by atoms with Gasteiger partial charge in [-0.3, -0.25) is 9.59 Å². The highest BCUT2D eigenvalue weighted by molar-refractivity contribution is 9.10. The maximum Gasteiger partial charge on any atom is 0.287 e. The number of benzene rings is 1. The van der Waals surface area contributed by atoms with Crippen molar-refractivity contribution in [2.45, 2.75) is 12.5 Å². The minimum Gasteiger partial charge on any atom is -0.444 e. The molecule has 0 saturated carbocycles. The first kappa shape index (κ1) is 13.9. The number of halogens is 1. The molecule has 1 aliphatic heterocycles. The van der Waals surface area contributed by atoms with Crippen LogP contribution in [-0.2, 0) is 4.79 Å². The smallest absolute Gasteiger partial charge is 0.287 e. The quantitative estimate of drug-likeness (QED) is 0.927. The SMILES string of the molecule is O=C(N[C@H]1CCN(c2ccccc2)C1=O)c1ccc(Br)o1. The predicted octanol–water partition coefficient (Wildman–Crippen LogP) is 2.58. The number of rotatable bonds is 3. The van der Waals surface area contributed by atoms with Gasteiger partial charge in [-0.1, -0.05) is 18.2 Å². The van der Waals surface area contributed by atoms with Gasteiger partial charge >= 0.3 is 0 Å². The number of hydrogen-bond donors (Lipinski definition) is 1. The molecule has 0 aliphatic carbocycles. The van der Waals surface area contributed by atoms with Gasteiger partial charge in [0.2, 0.25) is 5.91 Å². The maximum absolute atomic E-state index is 12.3. The third-order valence-corrected chi connectivity index (χ3v) is 3.80. The molecule has 0 spiro atoms. The van der Waals surface area contributed by atoms with Crippen molar-refractivity contribution in [1.82, 2.24) is 5.32 Å². The highest BCUT2D eigenvalue weighted by Gasteiger charge is 2.34. The van der Waals surface area contributed by atoms with Crippen LogP contribution in [0, 0.1) is 0 Å². The Morgan fingerprint density at radius 3 is 2.67 bits per heavy atom. The predicted molar refractivity (Wildman–Crippen MR) is 81.1 cm³/mol. The molecule has 5 nitrogen and oxygen atoms in total. The Hall–Kier alpha value is -2.08. The number of carbonyl (C=O) groups is 2. The molecule has 1 saturated heterocycles. The van der Waals surface area contributed by atoms with Crippen LogP contribution >= 0.6 is 15.9 Å². The molecule has 0 bridgehead atoms. The molecule has 108 valence electrons. The van der Waals surface area contributed by atoms with Gasteiger partial charge in [-0.25, -0.2) is 0 Å². The first-order valence-corrected chi connectivity index (χ1v) is 7.37. The Balaban J connectivity index is 1.68. The van der Waals surface area contributed by atoms with E-state index in [9.17, 15) is 9.59 Å². The van der Waals surface area contributed by atoms with Crippen molar-refractivity contribution in [2.24, 2.45) is 0 Å². The van der Waals surface area contributed by atoms with E-state index >= 15 is 0 Å². The van der Waals surface area contributed by atoms with Gasteiger partial charge in [0.25, 0.3) is 5.91 Å². The monoisotopic (exact) mass is 348 g/mol. The van der Waals surface area contributed by atoms with Crippen LogP contribution in [-0.4, -0.2) is 24.4 Å². The van der Waals surface area contributed by atoms with Crippen molar-refractivity contribution < 1.29 is 14.0 Å². The van der Waals surface area contributed by atoms with Gasteiger partial charge in [0.1, 0.15) is 6.04 Å². The van der Waals surface area contributed by atoms with E-state index in [1.54, 1.807) is 17.0 Å². The maximum atomic E-state index is 12.3. The number of carbonyl (C=O) groups excluding carboxylic acids is 2. The Labute approximate surface area is 130 Å². The zero-order chi connectivity index (χ0) is 14.8. The number of hydrogen-bond acceptors (Lipinski definition) is 3. The Kier molecular flexibility index (Phi) is 3.79. The van der Waals surface area contributed by atoms with Crippen LogP contribution in [0.3, 0.4) is 0 Å². The van der Waals surface area contributed by atoms with Gasteiger partial charge in [0.05, 0.1) is 0 Å². The largest absolute Gasteiger partial charge is 0.444 e. The molecule has 1 fully saturated rings. The number of furan rings is 1. The topological polar surface area (TPSA) is 62.6 Å². The normalized spacial score (nSPS) is 18.0. The molecule has 21 heavy (non-hydrogen) atoms. The van der Waals surface area contributed by atoms with Gasteiger partial charge in [-0.05, 0) is 46.6 Å². The van der Waals surface area contributed by atoms with Crippen LogP contribution in [0.25, 0.3) is 0 Å². The number of nitrogens with one attached hydrogen (secondary N) is 1. The van der Waals surface area contributed by atoms with Crippen molar-refractivity contribution in [3.63, 3.8) is 0 Å². The second kappa shape index (κ2) is 5.73. The van der Waals surface area contributed by atoms with E-state index in [0.717, 1.165) is 5.69 Å². The standard InChI is InChI=1S/C15H13BrN2O3/c16-13-7-6-12(21-13)14(19)17-11-8-9-18(15(11)20)10-4-2-1-3-5-10/h1-7,11H,8-9H2,(H,17,19)/t11-/m0/s1. The number of amides is 2.